The van der Waals surface area contributed by atoms with Crippen LogP contribution in [0, 0.1) is 0 Å². The summed E-state index contributed by atoms with van der Waals surface area (Å²) in [6.45, 7) is 4.33. The van der Waals surface area contributed by atoms with Crippen molar-refractivity contribution in [2.45, 2.75) is 58.3 Å². The van der Waals surface area contributed by atoms with Gasteiger partial charge in [-0.2, -0.15) is 0 Å². The van der Waals surface area contributed by atoms with Crippen molar-refractivity contribution in [1.29, 1.82) is 0 Å². The summed E-state index contributed by atoms with van der Waals surface area (Å²) >= 11 is 0. The van der Waals surface area contributed by atoms with Crippen LogP contribution in [0.3, 0.4) is 0 Å². The van der Waals surface area contributed by atoms with Gasteiger partial charge in [-0.3, -0.25) is 24.0 Å². The number of carbonyl (C=O) groups is 5. The summed E-state index contributed by atoms with van der Waals surface area (Å²) in [5.74, 6) is -2.24. The van der Waals surface area contributed by atoms with Gasteiger partial charge in [0.2, 0.25) is 12.2 Å². The topological polar surface area (TPSA) is 153 Å². The molecule has 0 radical (unpaired) electrons. The highest BCUT2D eigenvalue weighted by atomic mass is 16.7. The molecule has 0 saturated carbocycles. The molecule has 0 bridgehead atoms. The van der Waals surface area contributed by atoms with Gasteiger partial charge in [-0.15, -0.1) is 0 Å². The maximum Gasteiger partial charge on any atom is 0.303 e. The zero-order valence-corrected chi connectivity index (χ0v) is 19.4. The number of esters is 3. The molecule has 0 aliphatic carbocycles. The Morgan fingerprint density at radius 2 is 1.62 bits per heavy atom. The largest absolute Gasteiger partial charge is 0.493 e. The zero-order valence-electron chi connectivity index (χ0n) is 19.4. The standard InChI is InChI=1S/C22H27NO11/c1-11(25)23-19-21(32-14(4)28)20(31-13(3)27)18(10-30-12(2)26)34-22(19)33-16-7-6-15(9-24)8-17(16)29-5/h6-9,18-22H,10H2,1-5H3,(H,23,25). The molecule has 1 N–H and O–H groups in total. The summed E-state index contributed by atoms with van der Waals surface area (Å²) in [6.07, 6.45) is -4.30. The third-order valence-corrected chi connectivity index (χ3v) is 4.64. The van der Waals surface area contributed by atoms with Crippen LogP contribution in [0.5, 0.6) is 11.5 Å². The van der Waals surface area contributed by atoms with E-state index in [4.69, 9.17) is 28.4 Å². The van der Waals surface area contributed by atoms with Crippen LogP contribution in [-0.4, -0.2) is 74.5 Å². The quantitative estimate of drug-likeness (QED) is 0.299. The molecule has 1 amide bonds. The lowest BCUT2D eigenvalue weighted by atomic mass is 9.96. The van der Waals surface area contributed by atoms with E-state index in [9.17, 15) is 24.0 Å². The van der Waals surface area contributed by atoms with Crippen molar-refractivity contribution in [3.63, 3.8) is 0 Å². The van der Waals surface area contributed by atoms with E-state index < -0.39 is 54.5 Å². The van der Waals surface area contributed by atoms with Gasteiger partial charge in [0.1, 0.15) is 25.0 Å². The van der Waals surface area contributed by atoms with E-state index in [0.29, 0.717) is 11.8 Å². The summed E-state index contributed by atoms with van der Waals surface area (Å²) in [5.41, 5.74) is 0.326. The molecule has 0 spiro atoms. The number of methoxy groups -OCH3 is 1. The SMILES string of the molecule is COc1cc(C=O)ccc1OC1OC(COC(C)=O)C(OC(C)=O)C(OC(C)=O)C1NC(C)=O. The highest BCUT2D eigenvalue weighted by Crippen LogP contribution is 2.33. The summed E-state index contributed by atoms with van der Waals surface area (Å²) < 4.78 is 32.9. The minimum absolute atomic E-state index is 0.146. The lowest BCUT2D eigenvalue weighted by Gasteiger charge is -2.44. The fourth-order valence-corrected chi connectivity index (χ4v) is 3.37. The average Bonchev–Trinajstić information content (AvgIpc) is 2.75. The van der Waals surface area contributed by atoms with Gasteiger partial charge in [0.25, 0.3) is 0 Å². The van der Waals surface area contributed by atoms with Crippen molar-refractivity contribution >= 4 is 30.1 Å². The van der Waals surface area contributed by atoms with E-state index in [0.717, 1.165) is 13.8 Å². The van der Waals surface area contributed by atoms with Crippen molar-refractivity contribution in [3.05, 3.63) is 23.8 Å². The second-order valence-corrected chi connectivity index (χ2v) is 7.37. The Bertz CT molecular complexity index is 931. The number of hydrogen-bond donors (Lipinski definition) is 1. The third-order valence-electron chi connectivity index (χ3n) is 4.64. The first-order valence-electron chi connectivity index (χ1n) is 10.3. The molecule has 1 aromatic rings. The normalized spacial score (nSPS) is 23.7. The molecule has 12 heteroatoms. The summed E-state index contributed by atoms with van der Waals surface area (Å²) in [6, 6.07) is 3.22. The number of hydrogen-bond acceptors (Lipinski definition) is 11. The Morgan fingerprint density at radius 3 is 2.15 bits per heavy atom. The zero-order chi connectivity index (χ0) is 25.4. The summed E-state index contributed by atoms with van der Waals surface area (Å²) in [5, 5.41) is 2.59. The van der Waals surface area contributed by atoms with E-state index in [1.807, 2.05) is 0 Å². The van der Waals surface area contributed by atoms with Crippen LogP contribution >= 0.6 is 0 Å². The van der Waals surface area contributed by atoms with E-state index in [2.05, 4.69) is 5.32 Å². The van der Waals surface area contributed by atoms with Gasteiger partial charge in [0, 0.05) is 33.3 Å². The third kappa shape index (κ3) is 7.17. The highest BCUT2D eigenvalue weighted by molar-refractivity contribution is 5.76. The average molecular weight is 481 g/mol. The van der Waals surface area contributed by atoms with Crippen LogP contribution in [0.2, 0.25) is 0 Å². The molecule has 1 saturated heterocycles. The second kappa shape index (κ2) is 12.0. The number of ether oxygens (including phenoxy) is 6. The van der Waals surface area contributed by atoms with Gasteiger partial charge in [-0.1, -0.05) is 0 Å². The fraction of sp³-hybridized carbons (Fsp3) is 0.500. The van der Waals surface area contributed by atoms with Crippen LogP contribution in [-0.2, 0) is 38.1 Å². The first kappa shape index (κ1) is 26.6. The molecule has 12 nitrogen and oxygen atoms in total. The van der Waals surface area contributed by atoms with Gasteiger partial charge in [0.05, 0.1) is 7.11 Å². The van der Waals surface area contributed by atoms with Gasteiger partial charge in [-0.25, -0.2) is 0 Å². The smallest absolute Gasteiger partial charge is 0.303 e. The van der Waals surface area contributed by atoms with Crippen LogP contribution in [0.4, 0.5) is 0 Å². The van der Waals surface area contributed by atoms with E-state index >= 15 is 0 Å². The van der Waals surface area contributed by atoms with E-state index in [1.54, 1.807) is 0 Å². The van der Waals surface area contributed by atoms with Crippen molar-refractivity contribution < 1.29 is 52.4 Å². The van der Waals surface area contributed by atoms with Crippen molar-refractivity contribution in [2.24, 2.45) is 0 Å². The number of aldehydes is 1. The molecule has 1 aromatic carbocycles. The monoisotopic (exact) mass is 481 g/mol. The fourth-order valence-electron chi connectivity index (χ4n) is 3.37. The lowest BCUT2D eigenvalue weighted by molar-refractivity contribution is -0.257. The molecule has 5 unspecified atom stereocenters. The highest BCUT2D eigenvalue weighted by Gasteiger charge is 2.52. The lowest BCUT2D eigenvalue weighted by Crippen LogP contribution is -2.67. The van der Waals surface area contributed by atoms with Crippen LogP contribution in [0.15, 0.2) is 18.2 Å². The van der Waals surface area contributed by atoms with Crippen molar-refractivity contribution in [1.82, 2.24) is 5.32 Å². The number of carbonyl (C=O) groups excluding carboxylic acids is 5. The number of benzene rings is 1. The van der Waals surface area contributed by atoms with Crippen LogP contribution < -0.4 is 14.8 Å². The van der Waals surface area contributed by atoms with E-state index in [1.165, 1.54) is 39.2 Å². The van der Waals surface area contributed by atoms with Crippen LogP contribution in [0.25, 0.3) is 0 Å². The van der Waals surface area contributed by atoms with Gasteiger partial charge in [0.15, 0.2) is 23.7 Å². The molecular formula is C22H27NO11. The minimum atomic E-state index is -1.31. The Hall–Kier alpha value is -3.67. The summed E-state index contributed by atoms with van der Waals surface area (Å²) in [7, 11) is 1.37. The first-order valence-corrected chi connectivity index (χ1v) is 10.3. The van der Waals surface area contributed by atoms with Gasteiger partial charge < -0.3 is 33.7 Å². The van der Waals surface area contributed by atoms with Crippen molar-refractivity contribution in [2.75, 3.05) is 13.7 Å². The van der Waals surface area contributed by atoms with Crippen LogP contribution in [0.1, 0.15) is 38.1 Å². The maximum absolute atomic E-state index is 12.0. The molecule has 1 fully saturated rings. The maximum atomic E-state index is 12.0. The predicted octanol–water partition coefficient (Wildman–Crippen LogP) is 0.543. The first-order chi connectivity index (χ1) is 16.0. The summed E-state index contributed by atoms with van der Waals surface area (Å²) in [4.78, 5) is 58.1. The molecule has 2 rings (SSSR count). The molecule has 34 heavy (non-hydrogen) atoms. The molecule has 1 heterocycles. The number of rotatable bonds is 9. The number of amides is 1. The Morgan fingerprint density at radius 1 is 0.971 bits per heavy atom. The predicted molar refractivity (Wildman–Crippen MR) is 113 cm³/mol. The van der Waals surface area contributed by atoms with E-state index in [-0.39, 0.29) is 18.1 Å². The second-order valence-electron chi connectivity index (χ2n) is 7.37. The van der Waals surface area contributed by atoms with Crippen molar-refractivity contribution in [3.8, 4) is 11.5 Å². The molecule has 1 aliphatic rings. The molecule has 0 aromatic heterocycles. The molecular weight excluding hydrogens is 454 g/mol. The minimum Gasteiger partial charge on any atom is -0.493 e. The Labute approximate surface area is 195 Å². The number of nitrogens with one attached hydrogen (secondary N) is 1. The molecule has 186 valence electrons. The molecule has 5 atom stereocenters. The van der Waals surface area contributed by atoms with Gasteiger partial charge >= 0.3 is 17.9 Å². The Balaban J connectivity index is 2.51. The molecule has 1 aliphatic heterocycles. The Kier molecular flexibility index (Phi) is 9.36. The van der Waals surface area contributed by atoms with Gasteiger partial charge in [-0.05, 0) is 18.2 Å².